The van der Waals surface area contributed by atoms with Crippen molar-refractivity contribution in [3.63, 3.8) is 0 Å². The van der Waals surface area contributed by atoms with Crippen molar-refractivity contribution < 1.29 is 82.4 Å². The number of hydrogen-bond donors (Lipinski definition) is 22. The molecule has 2 aliphatic rings. The highest BCUT2D eigenvalue weighted by Gasteiger charge is 2.41. The van der Waals surface area contributed by atoms with E-state index in [0.717, 1.165) is 11.8 Å². The van der Waals surface area contributed by atoms with E-state index >= 15 is 9.59 Å². The van der Waals surface area contributed by atoms with Gasteiger partial charge in [-0.05, 0) is 138 Å². The van der Waals surface area contributed by atoms with E-state index in [0.29, 0.717) is 17.5 Å². The molecule has 0 radical (unpaired) electrons. The molecular weight excluding hydrogens is 1430 g/mol. The lowest BCUT2D eigenvalue weighted by Crippen LogP contribution is -2.60. The molecule has 4 rings (SSSR count). The number of nitrogens with one attached hydrogen (secondary N) is 11. The normalized spacial score (nSPS) is 22.8. The summed E-state index contributed by atoms with van der Waals surface area (Å²) in [6.07, 6.45) is -1.29. The maximum Gasteiger partial charge on any atom is 0.305 e. The van der Waals surface area contributed by atoms with Crippen LogP contribution in [0.4, 0.5) is 0 Å². The Morgan fingerprint density at radius 2 is 0.944 bits per heavy atom. The minimum Gasteiger partial charge on any atom is -0.508 e. The second kappa shape index (κ2) is 46.6. The summed E-state index contributed by atoms with van der Waals surface area (Å²) in [6.45, 7) is 1.80. The van der Waals surface area contributed by atoms with Crippen LogP contribution in [-0.2, 0) is 80.0 Å². The number of carboxylic acid groups (broad SMARTS) is 1. The van der Waals surface area contributed by atoms with Crippen LogP contribution in [0.2, 0.25) is 0 Å². The zero-order valence-corrected chi connectivity index (χ0v) is 61.3. The van der Waals surface area contributed by atoms with Gasteiger partial charge < -0.3 is 125 Å². The number of fused-ring (bicyclic) bond motifs is 1. The number of aliphatic carboxylic acids is 1. The van der Waals surface area contributed by atoms with Gasteiger partial charge in [-0.3, -0.25) is 82.1 Å². The summed E-state index contributed by atoms with van der Waals surface area (Å²) in [4.78, 5) is 210. The van der Waals surface area contributed by atoms with Gasteiger partial charge in [-0.25, -0.2) is 0 Å². The van der Waals surface area contributed by atoms with E-state index in [4.69, 9.17) is 45.9 Å². The van der Waals surface area contributed by atoms with Crippen LogP contribution in [0.25, 0.3) is 0 Å². The molecule has 108 heavy (non-hydrogen) atoms. The summed E-state index contributed by atoms with van der Waals surface area (Å²) in [6, 6.07) is -3.55. The standard InChI is InChI=1S/C67H105N23O17S/c1-36(2)29-46-60(103)84-43(11-6-26-77-66(72)73)57(100)85-44(23-18-37-14-19-39(91)20-15-37)59(102)87-45(12-7-27-78-67(74)75)64(107)90-28-8-13-50(90)63(106)86-42(9-3-4-24-68)58(101)89-48(31-54(96)97)62(105)83-41(10-5-25-76-65(70)71)56(99)80-32-51(93)79-33-52(94)82-49(55(69)98)34-108-35-53(95)81-47(61(104)88-46)30-38-16-21-40(92)22-17-38/h14-17,19-22,36,41-50,91-92H,3-13,18,23-35,68H2,1-2H3,(H2,69,98)(H,79,93)(H,80,99)(H,81,95)(H,82,94)(H,83,105)(H,84,103)(H,85,100)(H,86,106)(H,87,102)(H,88,104)(H,89,101)(H,96,97)(H4,70,71,76)(H4,72,73,77)(H4,74,75,78)/t41-,42-,43-,44-,45-,46-,47-,48-,49-,50-/m0/s1. The van der Waals surface area contributed by atoms with Gasteiger partial charge in [0.15, 0.2) is 17.9 Å². The molecule has 0 unspecified atom stereocenters. The van der Waals surface area contributed by atoms with Crippen molar-refractivity contribution >= 4 is 112 Å². The maximum atomic E-state index is 15.1. The topological polar surface area (TPSA) is 680 Å². The van der Waals surface area contributed by atoms with Crippen LogP contribution in [0.15, 0.2) is 63.5 Å². The largest absolute Gasteiger partial charge is 0.508 e. The van der Waals surface area contributed by atoms with Crippen molar-refractivity contribution in [2.24, 2.45) is 66.8 Å². The molecule has 2 aliphatic heterocycles. The number of phenols is 2. The van der Waals surface area contributed by atoms with E-state index in [-0.39, 0.29) is 164 Å². The van der Waals surface area contributed by atoms with E-state index in [9.17, 15) is 72.9 Å². The summed E-state index contributed by atoms with van der Waals surface area (Å²) in [5.74, 6) is -16.1. The number of guanidine groups is 3. The molecule has 0 spiro atoms. The van der Waals surface area contributed by atoms with Gasteiger partial charge in [0.2, 0.25) is 76.8 Å². The second-order valence-electron chi connectivity index (χ2n) is 26.2. The quantitative estimate of drug-likeness (QED) is 0.0236. The Morgan fingerprint density at radius 1 is 0.500 bits per heavy atom. The number of phenolic OH excluding ortho intramolecular Hbond substituents is 2. The number of aliphatic imine (C=N–C) groups is 3. The highest BCUT2D eigenvalue weighted by molar-refractivity contribution is 8.00. The molecule has 596 valence electrons. The van der Waals surface area contributed by atoms with E-state index < -0.39 is 168 Å². The fraction of sp³-hybridized carbons (Fsp3) is 0.567. The summed E-state index contributed by atoms with van der Waals surface area (Å²) < 4.78 is 0. The maximum absolute atomic E-state index is 15.1. The number of nitrogens with zero attached hydrogens (tertiary/aromatic N) is 4. The van der Waals surface area contributed by atoms with Gasteiger partial charge in [0.25, 0.3) is 0 Å². The molecule has 0 bridgehead atoms. The number of nitrogens with two attached hydrogens (primary N) is 8. The molecule has 0 aromatic heterocycles. The lowest BCUT2D eigenvalue weighted by atomic mass is 10.00. The summed E-state index contributed by atoms with van der Waals surface area (Å²) >= 11 is 0.803. The average molecular weight is 1540 g/mol. The molecule has 0 saturated carbocycles. The van der Waals surface area contributed by atoms with E-state index in [2.05, 4.69) is 73.5 Å². The van der Waals surface area contributed by atoms with Crippen LogP contribution in [-0.4, -0.2) is 239 Å². The van der Waals surface area contributed by atoms with Gasteiger partial charge in [0.05, 0.1) is 25.3 Å². The van der Waals surface area contributed by atoms with Gasteiger partial charge in [-0.2, -0.15) is 0 Å². The number of carboxylic acids is 1. The first-order chi connectivity index (χ1) is 51.2. The first-order valence-electron chi connectivity index (χ1n) is 35.3. The van der Waals surface area contributed by atoms with Crippen molar-refractivity contribution in [3.8, 4) is 11.5 Å². The molecule has 0 aliphatic carbocycles. The van der Waals surface area contributed by atoms with Crippen LogP contribution < -0.4 is 104 Å². The SMILES string of the molecule is CC(C)C[C@@H]1NC(=O)[C@H](Cc2ccc(O)cc2)NC(=O)CSC[C@@H](C(N)=O)NC(=O)CNC(=O)CNC(=O)[C@H](CCCN=C(N)N)NC(=O)[C@H](CC(=O)O)NC(=O)[C@H](CCCCN)NC(=O)[C@@H]2CCCN2C(=O)[C@H](CCCN=C(N)N)NC(=O)[C@H](CCc2ccc(O)cc2)NC(=O)[C@H](CCCN=C(N)N)NC1=O. The van der Waals surface area contributed by atoms with Gasteiger partial charge in [0, 0.05) is 38.4 Å². The third kappa shape index (κ3) is 33.5. The number of carbonyl (C=O) groups is 14. The number of unbranched alkanes of at least 4 members (excludes halogenated alkanes) is 1. The Morgan fingerprint density at radius 3 is 1.46 bits per heavy atom. The average Bonchev–Trinajstić information content (AvgIpc) is 1.63. The minimum atomic E-state index is -1.93. The number of aromatic hydroxyl groups is 2. The Bertz CT molecular complexity index is 3500. The molecule has 2 aromatic rings. The molecule has 41 heteroatoms. The molecule has 10 atom stereocenters. The number of rotatable bonds is 26. The predicted octanol–water partition coefficient (Wildman–Crippen LogP) is -7.10. The fourth-order valence-corrected chi connectivity index (χ4v) is 12.2. The van der Waals surface area contributed by atoms with Gasteiger partial charge >= 0.3 is 5.97 Å². The number of benzene rings is 2. The van der Waals surface area contributed by atoms with Crippen molar-refractivity contribution in [1.82, 2.24) is 63.4 Å². The van der Waals surface area contributed by atoms with E-state index in [1.165, 1.54) is 41.3 Å². The van der Waals surface area contributed by atoms with Crippen LogP contribution in [0.5, 0.6) is 11.5 Å². The van der Waals surface area contributed by atoms with Crippen LogP contribution >= 0.6 is 11.8 Å². The monoisotopic (exact) mass is 1540 g/mol. The molecule has 30 N–H and O–H groups in total. The Balaban J connectivity index is 1.87. The number of amides is 13. The number of carbonyl (C=O) groups excluding carboxylic acids is 13. The van der Waals surface area contributed by atoms with Crippen LogP contribution in [0.3, 0.4) is 0 Å². The molecule has 13 amide bonds. The number of hydrogen-bond acceptors (Lipinski definition) is 21. The number of primary amides is 1. The van der Waals surface area contributed by atoms with Gasteiger partial charge in [-0.15, -0.1) is 11.8 Å². The fourth-order valence-electron chi connectivity index (χ4n) is 11.4. The lowest BCUT2D eigenvalue weighted by Gasteiger charge is -2.31. The Labute approximate surface area is 628 Å². The number of aryl methyl sites for hydroxylation is 1. The van der Waals surface area contributed by atoms with Crippen molar-refractivity contribution in [3.05, 3.63) is 59.7 Å². The number of thioether (sulfide) groups is 1. The van der Waals surface area contributed by atoms with Crippen molar-refractivity contribution in [2.45, 2.75) is 177 Å². The third-order valence-electron chi connectivity index (χ3n) is 16.9. The summed E-state index contributed by atoms with van der Waals surface area (Å²) in [7, 11) is 0. The predicted molar refractivity (Wildman–Crippen MR) is 397 cm³/mol. The highest BCUT2D eigenvalue weighted by atomic mass is 32.2. The van der Waals surface area contributed by atoms with Crippen molar-refractivity contribution in [1.29, 1.82) is 0 Å². The van der Waals surface area contributed by atoms with E-state index in [1.807, 2.05) is 0 Å². The third-order valence-corrected chi connectivity index (χ3v) is 17.9. The van der Waals surface area contributed by atoms with Gasteiger partial charge in [-0.1, -0.05) is 38.1 Å². The van der Waals surface area contributed by atoms with Gasteiger partial charge in [0.1, 0.15) is 71.9 Å². The zero-order valence-electron chi connectivity index (χ0n) is 60.5. The Hall–Kier alpha value is -11.3. The molecule has 2 saturated heterocycles. The lowest BCUT2D eigenvalue weighted by molar-refractivity contribution is -0.143. The minimum absolute atomic E-state index is 0.00788. The zero-order chi connectivity index (χ0) is 80.0. The van der Waals surface area contributed by atoms with Crippen LogP contribution in [0.1, 0.15) is 115 Å². The smallest absolute Gasteiger partial charge is 0.305 e. The first-order valence-corrected chi connectivity index (χ1v) is 36.5. The molecule has 2 fully saturated rings. The second-order valence-corrected chi connectivity index (χ2v) is 27.2. The summed E-state index contributed by atoms with van der Waals surface area (Å²) in [5.41, 5.74) is 46.0. The molecule has 2 aromatic carbocycles. The van der Waals surface area contributed by atoms with Crippen LogP contribution in [0, 0.1) is 5.92 Å². The van der Waals surface area contributed by atoms with Crippen molar-refractivity contribution in [2.75, 3.05) is 57.3 Å². The highest BCUT2D eigenvalue weighted by Crippen LogP contribution is 2.22. The molecule has 40 nitrogen and oxygen atoms in total. The van der Waals surface area contributed by atoms with E-state index in [1.54, 1.807) is 26.0 Å². The first kappa shape index (κ1) is 89.1. The summed E-state index contributed by atoms with van der Waals surface area (Å²) in [5, 5.41) is 58.1. The molecule has 2 heterocycles. The Kier molecular flexibility index (Phi) is 38.5. The molecular formula is C67H105N23O17S.